The van der Waals surface area contributed by atoms with Gasteiger partial charge in [-0.3, -0.25) is 9.78 Å². The molecule has 0 spiro atoms. The fourth-order valence-corrected chi connectivity index (χ4v) is 3.11. The van der Waals surface area contributed by atoms with Crippen LogP contribution < -0.4 is 10.1 Å². The zero-order chi connectivity index (χ0) is 19.4. The number of ether oxygens (including phenoxy) is 1. The molecule has 0 bridgehead atoms. The third kappa shape index (κ3) is 4.71. The Bertz CT molecular complexity index is 1080. The number of carbonyl (C=O) groups is 1. The third-order valence-electron chi connectivity index (χ3n) is 3.82. The zero-order valence-corrected chi connectivity index (χ0v) is 15.7. The molecule has 0 radical (unpaired) electrons. The topological polar surface area (TPSA) is 85.4 Å². The van der Waals surface area contributed by atoms with E-state index in [9.17, 15) is 13.2 Å². The van der Waals surface area contributed by atoms with Crippen molar-refractivity contribution >= 4 is 21.4 Å². The van der Waals surface area contributed by atoms with Crippen LogP contribution in [0.1, 0.15) is 15.9 Å². The summed E-state index contributed by atoms with van der Waals surface area (Å²) in [5.41, 5.74) is 1.69. The van der Waals surface area contributed by atoms with Crippen molar-refractivity contribution in [1.82, 2.24) is 4.98 Å². The first-order valence-corrected chi connectivity index (χ1v) is 10.0. The number of nitrogens with one attached hydrogen (secondary N) is 1. The lowest BCUT2D eigenvalue weighted by Gasteiger charge is -2.11. The number of anilines is 1. The molecule has 0 saturated carbocycles. The summed E-state index contributed by atoms with van der Waals surface area (Å²) in [6.45, 7) is 1.87. The van der Waals surface area contributed by atoms with Gasteiger partial charge in [0, 0.05) is 23.7 Å². The van der Waals surface area contributed by atoms with Crippen LogP contribution in [0.5, 0.6) is 11.5 Å². The van der Waals surface area contributed by atoms with Crippen molar-refractivity contribution in [1.29, 1.82) is 0 Å². The molecule has 2 aromatic carbocycles. The number of benzene rings is 2. The van der Waals surface area contributed by atoms with E-state index >= 15 is 0 Å². The molecule has 1 N–H and O–H groups in total. The van der Waals surface area contributed by atoms with Crippen molar-refractivity contribution in [2.75, 3.05) is 11.6 Å². The Hall–Kier alpha value is -3.19. The Kier molecular flexibility index (Phi) is 5.23. The lowest BCUT2D eigenvalue weighted by molar-refractivity contribution is 0.102. The van der Waals surface area contributed by atoms with Crippen LogP contribution >= 0.6 is 0 Å². The molecule has 0 aliphatic heterocycles. The fourth-order valence-electron chi connectivity index (χ4n) is 2.45. The highest BCUT2D eigenvalue weighted by molar-refractivity contribution is 7.90. The van der Waals surface area contributed by atoms with Gasteiger partial charge in [-0.2, -0.15) is 0 Å². The molecule has 1 heterocycles. The summed E-state index contributed by atoms with van der Waals surface area (Å²) in [5.74, 6) is 0.885. The first-order valence-electron chi connectivity index (χ1n) is 8.13. The summed E-state index contributed by atoms with van der Waals surface area (Å²) in [6, 6.07) is 14.8. The van der Waals surface area contributed by atoms with Crippen LogP contribution in [0.25, 0.3) is 0 Å². The zero-order valence-electron chi connectivity index (χ0n) is 14.8. The lowest BCUT2D eigenvalue weighted by Crippen LogP contribution is -2.12. The van der Waals surface area contributed by atoms with E-state index in [1.54, 1.807) is 54.9 Å². The van der Waals surface area contributed by atoms with Gasteiger partial charge in [0.1, 0.15) is 11.5 Å². The minimum Gasteiger partial charge on any atom is -0.455 e. The quantitative estimate of drug-likeness (QED) is 0.725. The Morgan fingerprint density at radius 3 is 2.56 bits per heavy atom. The minimum absolute atomic E-state index is 0.103. The number of aromatic nitrogens is 1. The Morgan fingerprint density at radius 2 is 1.89 bits per heavy atom. The highest BCUT2D eigenvalue weighted by atomic mass is 32.2. The van der Waals surface area contributed by atoms with Crippen LogP contribution in [-0.4, -0.2) is 25.6 Å². The molecule has 1 amide bonds. The third-order valence-corrected chi connectivity index (χ3v) is 4.93. The first kappa shape index (κ1) is 18.6. The van der Waals surface area contributed by atoms with E-state index in [2.05, 4.69) is 10.3 Å². The smallest absolute Gasteiger partial charge is 0.255 e. The molecule has 0 atom stereocenters. The molecule has 0 aliphatic carbocycles. The molecule has 1 aromatic heterocycles. The Labute approximate surface area is 157 Å². The van der Waals surface area contributed by atoms with Crippen LogP contribution in [-0.2, 0) is 9.84 Å². The van der Waals surface area contributed by atoms with Crippen molar-refractivity contribution in [3.05, 3.63) is 78.1 Å². The highest BCUT2D eigenvalue weighted by Gasteiger charge is 2.12. The van der Waals surface area contributed by atoms with E-state index in [0.717, 1.165) is 11.8 Å². The number of rotatable bonds is 5. The molecule has 27 heavy (non-hydrogen) atoms. The summed E-state index contributed by atoms with van der Waals surface area (Å²) in [7, 11) is -3.38. The number of sulfone groups is 1. The number of hydrogen-bond acceptors (Lipinski definition) is 5. The van der Waals surface area contributed by atoms with Crippen LogP contribution in [0.3, 0.4) is 0 Å². The summed E-state index contributed by atoms with van der Waals surface area (Å²) in [5, 5.41) is 2.77. The summed E-state index contributed by atoms with van der Waals surface area (Å²) < 4.78 is 29.1. The van der Waals surface area contributed by atoms with Crippen LogP contribution in [0.4, 0.5) is 5.69 Å². The van der Waals surface area contributed by atoms with Gasteiger partial charge >= 0.3 is 0 Å². The average Bonchev–Trinajstić information content (AvgIpc) is 2.64. The Balaban J connectivity index is 1.76. The summed E-state index contributed by atoms with van der Waals surface area (Å²) in [6.07, 6.45) is 4.38. The average molecular weight is 382 g/mol. The molecule has 3 aromatic rings. The van der Waals surface area contributed by atoms with E-state index < -0.39 is 9.84 Å². The molecule has 138 valence electrons. The van der Waals surface area contributed by atoms with Crippen LogP contribution in [0, 0.1) is 6.92 Å². The largest absolute Gasteiger partial charge is 0.455 e. The van der Waals surface area contributed by atoms with Crippen molar-refractivity contribution < 1.29 is 17.9 Å². The van der Waals surface area contributed by atoms with E-state index in [0.29, 0.717) is 17.2 Å². The van der Waals surface area contributed by atoms with Gasteiger partial charge < -0.3 is 10.1 Å². The van der Waals surface area contributed by atoms with E-state index in [-0.39, 0.29) is 16.4 Å². The normalized spacial score (nSPS) is 11.0. The maximum Gasteiger partial charge on any atom is 0.255 e. The van der Waals surface area contributed by atoms with E-state index in [1.165, 1.54) is 12.1 Å². The molecule has 0 aliphatic rings. The molecular weight excluding hydrogens is 364 g/mol. The van der Waals surface area contributed by atoms with Gasteiger partial charge in [0.05, 0.1) is 11.1 Å². The predicted octanol–water partition coefficient (Wildman–Crippen LogP) is 3.84. The van der Waals surface area contributed by atoms with Crippen LogP contribution in [0.15, 0.2) is 71.9 Å². The van der Waals surface area contributed by atoms with Gasteiger partial charge in [0.15, 0.2) is 9.84 Å². The van der Waals surface area contributed by atoms with Gasteiger partial charge in [-0.15, -0.1) is 0 Å². The van der Waals surface area contributed by atoms with Crippen LogP contribution in [0.2, 0.25) is 0 Å². The maximum absolute atomic E-state index is 12.4. The van der Waals surface area contributed by atoms with Gasteiger partial charge in [-0.25, -0.2) is 8.42 Å². The minimum atomic E-state index is -3.38. The van der Waals surface area contributed by atoms with Crippen molar-refractivity contribution in [2.45, 2.75) is 11.8 Å². The van der Waals surface area contributed by atoms with Gasteiger partial charge in [-0.05, 0) is 61.0 Å². The summed E-state index contributed by atoms with van der Waals surface area (Å²) >= 11 is 0. The van der Waals surface area contributed by atoms with Gasteiger partial charge in [-0.1, -0.05) is 6.07 Å². The Morgan fingerprint density at radius 1 is 1.07 bits per heavy atom. The molecule has 0 saturated heterocycles. The van der Waals surface area contributed by atoms with Crippen molar-refractivity contribution in [3.63, 3.8) is 0 Å². The highest BCUT2D eigenvalue weighted by Crippen LogP contribution is 2.27. The number of carbonyl (C=O) groups excluding carboxylic acids is 1. The van der Waals surface area contributed by atoms with E-state index in [4.69, 9.17) is 4.74 Å². The first-order chi connectivity index (χ1) is 12.8. The molecule has 7 heteroatoms. The second-order valence-electron chi connectivity index (χ2n) is 6.03. The molecule has 0 unspecified atom stereocenters. The van der Waals surface area contributed by atoms with Crippen molar-refractivity contribution in [2.24, 2.45) is 0 Å². The van der Waals surface area contributed by atoms with Gasteiger partial charge in [0.25, 0.3) is 5.91 Å². The second kappa shape index (κ2) is 7.59. The lowest BCUT2D eigenvalue weighted by atomic mass is 10.1. The monoisotopic (exact) mass is 382 g/mol. The van der Waals surface area contributed by atoms with Crippen molar-refractivity contribution in [3.8, 4) is 11.5 Å². The number of amides is 1. The molecule has 3 rings (SSSR count). The SMILES string of the molecule is Cc1cc(NC(=O)c2cccc(S(C)(=O)=O)c2)ccc1Oc1cccnc1. The molecule has 0 fully saturated rings. The summed E-state index contributed by atoms with van der Waals surface area (Å²) in [4.78, 5) is 16.5. The predicted molar refractivity (Wildman–Crippen MR) is 103 cm³/mol. The van der Waals surface area contributed by atoms with Gasteiger partial charge in [0.2, 0.25) is 0 Å². The fraction of sp³-hybridized carbons (Fsp3) is 0.100. The standard InChI is InChI=1S/C20H18N2O4S/c1-14-11-16(8-9-19(14)26-17-6-4-10-21-13-17)22-20(23)15-5-3-7-18(12-15)27(2,24)25/h3-13H,1-2H3,(H,22,23). The number of hydrogen-bond donors (Lipinski definition) is 1. The molecular formula is C20H18N2O4S. The molecule has 6 nitrogen and oxygen atoms in total. The number of nitrogens with zero attached hydrogens (tertiary/aromatic N) is 1. The number of aryl methyl sites for hydroxylation is 1. The maximum atomic E-state index is 12.4. The second-order valence-corrected chi connectivity index (χ2v) is 8.04. The number of pyridine rings is 1. The van der Waals surface area contributed by atoms with E-state index in [1.807, 2.05) is 6.92 Å².